The third-order valence-electron chi connectivity index (χ3n) is 5.10. The quantitative estimate of drug-likeness (QED) is 0.546. The van der Waals surface area contributed by atoms with Gasteiger partial charge in [0, 0.05) is 10.3 Å². The van der Waals surface area contributed by atoms with Gasteiger partial charge in [-0.15, -0.1) is 16.4 Å². The van der Waals surface area contributed by atoms with Crippen LogP contribution in [0.3, 0.4) is 0 Å². The number of fused-ring (bicyclic) bond motifs is 1. The third kappa shape index (κ3) is 2.63. The lowest BCUT2D eigenvalue weighted by Crippen LogP contribution is -2.10. The van der Waals surface area contributed by atoms with Crippen LogP contribution in [0.15, 0.2) is 36.9 Å². The fourth-order valence-corrected chi connectivity index (χ4v) is 4.72. The number of phenolic OH excluding ortho intramolecular Hbond substituents is 1. The number of hydrogen-bond donors (Lipinski definition) is 2. The smallest absolute Gasteiger partial charge is 0.141 e. The molecule has 3 heterocycles. The van der Waals surface area contributed by atoms with Gasteiger partial charge in [-0.25, -0.2) is 9.67 Å². The molecule has 0 bridgehead atoms. The van der Waals surface area contributed by atoms with Crippen LogP contribution in [0.1, 0.15) is 42.1 Å². The van der Waals surface area contributed by atoms with Gasteiger partial charge in [-0.3, -0.25) is 4.40 Å². The van der Waals surface area contributed by atoms with Crippen molar-refractivity contribution in [1.29, 1.82) is 0 Å². The van der Waals surface area contributed by atoms with Gasteiger partial charge in [0.1, 0.15) is 28.7 Å². The summed E-state index contributed by atoms with van der Waals surface area (Å²) in [5.41, 5.74) is 2.01. The van der Waals surface area contributed by atoms with E-state index < -0.39 is 6.10 Å². The van der Waals surface area contributed by atoms with E-state index in [1.807, 2.05) is 10.6 Å². The fourth-order valence-electron chi connectivity index (χ4n) is 3.22. The van der Waals surface area contributed by atoms with Crippen LogP contribution in [-0.4, -0.2) is 34.6 Å². The number of thiazole rings is 1. The molecule has 1 unspecified atom stereocenters. The molecule has 0 spiro atoms. The number of imidazole rings is 1. The van der Waals surface area contributed by atoms with Crippen molar-refractivity contribution in [1.82, 2.24) is 24.4 Å². The van der Waals surface area contributed by atoms with Crippen LogP contribution in [0, 0.1) is 0 Å². The minimum absolute atomic E-state index is 0.00359. The van der Waals surface area contributed by atoms with Crippen molar-refractivity contribution in [3.63, 3.8) is 0 Å². The van der Waals surface area contributed by atoms with Crippen molar-refractivity contribution < 1.29 is 10.2 Å². The van der Waals surface area contributed by atoms with Gasteiger partial charge in [-0.1, -0.05) is 23.7 Å². The van der Waals surface area contributed by atoms with Crippen molar-refractivity contribution in [2.24, 2.45) is 0 Å². The van der Waals surface area contributed by atoms with Crippen LogP contribution in [0.5, 0.6) is 5.75 Å². The second-order valence-electron chi connectivity index (χ2n) is 7.11. The lowest BCUT2D eigenvalue weighted by Gasteiger charge is -2.13. The first-order valence-electron chi connectivity index (χ1n) is 8.51. The average molecular weight is 402 g/mol. The normalized spacial score (nSPS) is 16.7. The lowest BCUT2D eigenvalue weighted by molar-refractivity contribution is 0.207. The molecule has 2 N–H and O–H groups in total. The maximum atomic E-state index is 11.1. The Balaban J connectivity index is 1.56. The van der Waals surface area contributed by atoms with Crippen molar-refractivity contribution in [2.45, 2.75) is 31.3 Å². The highest BCUT2D eigenvalue weighted by atomic mass is 35.5. The van der Waals surface area contributed by atoms with Gasteiger partial charge >= 0.3 is 0 Å². The van der Waals surface area contributed by atoms with E-state index in [4.69, 9.17) is 11.6 Å². The molecule has 0 saturated heterocycles. The van der Waals surface area contributed by atoms with Gasteiger partial charge in [-0.2, -0.15) is 0 Å². The monoisotopic (exact) mass is 401 g/mol. The molecule has 0 amide bonds. The van der Waals surface area contributed by atoms with E-state index in [1.54, 1.807) is 36.0 Å². The first-order valence-corrected chi connectivity index (χ1v) is 9.70. The van der Waals surface area contributed by atoms with Crippen LogP contribution in [-0.2, 0) is 5.41 Å². The molecule has 1 fully saturated rings. The summed E-state index contributed by atoms with van der Waals surface area (Å²) in [6.07, 6.45) is 6.52. The van der Waals surface area contributed by atoms with Crippen LogP contribution >= 0.6 is 22.9 Å². The van der Waals surface area contributed by atoms with Gasteiger partial charge in [0.25, 0.3) is 0 Å². The number of halogens is 1. The Morgan fingerprint density at radius 1 is 1.33 bits per heavy atom. The molecule has 9 heteroatoms. The number of rotatable bonds is 4. The van der Waals surface area contributed by atoms with E-state index >= 15 is 0 Å². The molecule has 1 aromatic carbocycles. The Morgan fingerprint density at radius 2 is 2.15 bits per heavy atom. The van der Waals surface area contributed by atoms with E-state index in [0.29, 0.717) is 11.4 Å². The summed E-state index contributed by atoms with van der Waals surface area (Å²) in [4.78, 5) is 6.38. The zero-order valence-electron chi connectivity index (χ0n) is 14.4. The second kappa shape index (κ2) is 5.79. The minimum atomic E-state index is -0.915. The Hall–Kier alpha value is -2.42. The molecule has 138 valence electrons. The number of aromatic nitrogens is 5. The van der Waals surface area contributed by atoms with Crippen LogP contribution < -0.4 is 0 Å². The number of benzene rings is 1. The molecule has 0 radical (unpaired) electrons. The maximum Gasteiger partial charge on any atom is 0.141 e. The van der Waals surface area contributed by atoms with Gasteiger partial charge < -0.3 is 10.2 Å². The highest BCUT2D eigenvalue weighted by Crippen LogP contribution is 2.53. The third-order valence-corrected chi connectivity index (χ3v) is 6.82. The summed E-state index contributed by atoms with van der Waals surface area (Å²) in [5.74, 6) is 0.00359. The molecule has 27 heavy (non-hydrogen) atoms. The molecular formula is C18H16ClN5O2S. The Morgan fingerprint density at radius 3 is 2.89 bits per heavy atom. The lowest BCUT2D eigenvalue weighted by atomic mass is 10.0. The number of aromatic hydroxyl groups is 1. The number of hydrogen-bond acceptors (Lipinski definition) is 6. The first-order chi connectivity index (χ1) is 13.0. The van der Waals surface area contributed by atoms with Gasteiger partial charge in [0.15, 0.2) is 0 Å². The molecule has 1 saturated carbocycles. The highest BCUT2D eigenvalue weighted by molar-refractivity contribution is 7.17. The molecule has 7 nitrogen and oxygen atoms in total. The van der Waals surface area contributed by atoms with Gasteiger partial charge in [0.05, 0.1) is 28.8 Å². The summed E-state index contributed by atoms with van der Waals surface area (Å²) in [6, 6.07) is 4.77. The van der Waals surface area contributed by atoms with E-state index in [0.717, 1.165) is 23.4 Å². The summed E-state index contributed by atoms with van der Waals surface area (Å²) < 4.78 is 3.46. The van der Waals surface area contributed by atoms with Crippen molar-refractivity contribution in [3.05, 3.63) is 58.2 Å². The van der Waals surface area contributed by atoms with Crippen molar-refractivity contribution in [2.75, 3.05) is 0 Å². The van der Waals surface area contributed by atoms with Crippen LogP contribution in [0.4, 0.5) is 0 Å². The van der Waals surface area contributed by atoms with Crippen LogP contribution in [0.2, 0.25) is 5.02 Å². The summed E-state index contributed by atoms with van der Waals surface area (Å²) >= 11 is 7.65. The topological polar surface area (TPSA) is 88.5 Å². The second-order valence-corrected chi connectivity index (χ2v) is 8.54. The fraction of sp³-hybridized carbons (Fsp3) is 0.278. The number of phenols is 1. The van der Waals surface area contributed by atoms with Crippen LogP contribution in [0.25, 0.3) is 10.5 Å². The number of aliphatic hydroxyl groups is 1. The van der Waals surface area contributed by atoms with E-state index in [2.05, 4.69) is 22.2 Å². The predicted octanol–water partition coefficient (Wildman–Crippen LogP) is 3.47. The zero-order chi connectivity index (χ0) is 18.8. The largest absolute Gasteiger partial charge is 0.506 e. The molecule has 5 rings (SSSR count). The minimum Gasteiger partial charge on any atom is -0.506 e. The molecular weight excluding hydrogens is 386 g/mol. The number of aliphatic hydroxyl groups excluding tert-OH is 1. The van der Waals surface area contributed by atoms with Crippen molar-refractivity contribution in [3.8, 4) is 11.4 Å². The average Bonchev–Trinajstić information content (AvgIpc) is 3.06. The SMILES string of the molecule is CC1(c2sc3cncn3c2C(O)c2cn(-c3ccc(O)c(Cl)c3)nn2)CC1. The molecule has 1 aliphatic carbocycles. The number of nitrogens with zero attached hydrogens (tertiary/aromatic N) is 5. The molecule has 1 atom stereocenters. The van der Waals surface area contributed by atoms with Gasteiger partial charge in [-0.05, 0) is 31.0 Å². The summed E-state index contributed by atoms with van der Waals surface area (Å²) in [5, 5.41) is 29.2. The Labute approximate surface area is 163 Å². The molecule has 1 aliphatic rings. The standard InChI is InChI=1S/C18H16ClN5O2S/c1-18(4-5-18)17-15(23-9-20-7-14(23)27-17)16(26)12-8-24(22-21-12)10-2-3-13(25)11(19)6-10/h2-3,6-9,16,25-26H,4-5H2,1H3. The van der Waals surface area contributed by atoms with E-state index in [-0.39, 0.29) is 16.2 Å². The van der Waals surface area contributed by atoms with Gasteiger partial charge in [0.2, 0.25) is 0 Å². The molecule has 4 aromatic rings. The summed E-state index contributed by atoms with van der Waals surface area (Å²) in [7, 11) is 0. The zero-order valence-corrected chi connectivity index (χ0v) is 15.9. The van der Waals surface area contributed by atoms with E-state index in [1.165, 1.54) is 15.6 Å². The molecule has 3 aromatic heterocycles. The maximum absolute atomic E-state index is 11.1. The Kier molecular flexibility index (Phi) is 3.59. The van der Waals surface area contributed by atoms with Crippen molar-refractivity contribution >= 4 is 27.8 Å². The molecule has 0 aliphatic heterocycles. The van der Waals surface area contributed by atoms with E-state index in [9.17, 15) is 10.2 Å². The first kappa shape index (κ1) is 16.7. The highest BCUT2D eigenvalue weighted by Gasteiger charge is 2.44. The Bertz CT molecular complexity index is 1160. The predicted molar refractivity (Wildman–Crippen MR) is 102 cm³/mol. The summed E-state index contributed by atoms with van der Waals surface area (Å²) in [6.45, 7) is 2.22.